The molecule has 0 aliphatic rings. The number of amides is 2. The average molecular weight is 420 g/mol. The van der Waals surface area contributed by atoms with Crippen molar-refractivity contribution in [1.29, 1.82) is 0 Å². The van der Waals surface area contributed by atoms with Crippen LogP contribution < -0.4 is 10.6 Å². The molecule has 2 heterocycles. The minimum Gasteiger partial charge on any atom is -0.351 e. The van der Waals surface area contributed by atoms with Gasteiger partial charge in [0.1, 0.15) is 11.6 Å². The monoisotopic (exact) mass is 420 g/mol. The number of nitrogens with one attached hydrogen (secondary N) is 2. The number of nitrogens with zero attached hydrogens (tertiary/aromatic N) is 4. The van der Waals surface area contributed by atoms with Gasteiger partial charge >= 0.3 is 0 Å². The van der Waals surface area contributed by atoms with Crippen molar-refractivity contribution < 1.29 is 14.0 Å². The second-order valence-corrected chi connectivity index (χ2v) is 7.45. The van der Waals surface area contributed by atoms with E-state index in [-0.39, 0.29) is 23.8 Å². The molecule has 1 aromatic carbocycles. The molecule has 28 heavy (non-hydrogen) atoms. The van der Waals surface area contributed by atoms with Gasteiger partial charge in [0.15, 0.2) is 10.3 Å². The number of carbonyl (C=O) groups excluding carboxylic acids is 2. The summed E-state index contributed by atoms with van der Waals surface area (Å²) in [5.41, 5.74) is 0.00273. The summed E-state index contributed by atoms with van der Waals surface area (Å²) in [6, 6.07) is 5.81. The normalized spacial score (nSPS) is 10.6. The fraction of sp³-hybridized carbons (Fsp3) is 0.235. The van der Waals surface area contributed by atoms with E-state index < -0.39 is 11.7 Å². The molecular weight excluding hydrogens is 403 g/mol. The third kappa shape index (κ3) is 5.14. The number of thioether (sulfide) groups is 1. The summed E-state index contributed by atoms with van der Waals surface area (Å²) >= 11 is 2.60. The molecule has 2 amide bonds. The highest BCUT2D eigenvalue weighted by molar-refractivity contribution is 7.99. The number of aromatic nitrogens is 4. The van der Waals surface area contributed by atoms with Gasteiger partial charge in [0, 0.05) is 31.6 Å². The third-order valence-corrected chi connectivity index (χ3v) is 5.40. The lowest BCUT2D eigenvalue weighted by Crippen LogP contribution is -2.27. The predicted octanol–water partition coefficient (Wildman–Crippen LogP) is 2.11. The van der Waals surface area contributed by atoms with Gasteiger partial charge in [-0.3, -0.25) is 9.59 Å². The highest BCUT2D eigenvalue weighted by Crippen LogP contribution is 2.17. The van der Waals surface area contributed by atoms with Crippen LogP contribution in [0.2, 0.25) is 0 Å². The van der Waals surface area contributed by atoms with Crippen LogP contribution in [0.5, 0.6) is 0 Å². The Morgan fingerprint density at radius 3 is 2.86 bits per heavy atom. The van der Waals surface area contributed by atoms with Gasteiger partial charge in [-0.15, -0.1) is 21.5 Å². The second-order valence-electron chi connectivity index (χ2n) is 5.62. The number of thiazole rings is 1. The largest absolute Gasteiger partial charge is 0.351 e. The number of carbonyl (C=O) groups is 2. The lowest BCUT2D eigenvalue weighted by Gasteiger charge is -2.06. The highest BCUT2D eigenvalue weighted by Gasteiger charge is 2.14. The Labute approximate surface area is 168 Å². The second kappa shape index (κ2) is 9.42. The maximum atomic E-state index is 13.6. The molecule has 11 heteroatoms. The summed E-state index contributed by atoms with van der Waals surface area (Å²) in [5.74, 6) is -0.393. The van der Waals surface area contributed by atoms with Crippen LogP contribution in [0.3, 0.4) is 0 Å². The minimum absolute atomic E-state index is 0.00273. The smallest absolute Gasteiger partial charge is 0.254 e. The van der Waals surface area contributed by atoms with Crippen LogP contribution in [0.15, 0.2) is 41.0 Å². The Balaban J connectivity index is 1.47. The number of halogens is 1. The van der Waals surface area contributed by atoms with Gasteiger partial charge < -0.3 is 15.2 Å². The molecule has 0 bridgehead atoms. The maximum absolute atomic E-state index is 13.6. The minimum atomic E-state index is -0.562. The quantitative estimate of drug-likeness (QED) is 0.541. The number of hydrogen-bond donors (Lipinski definition) is 2. The first-order valence-electron chi connectivity index (χ1n) is 8.27. The average Bonchev–Trinajstić information content (AvgIpc) is 3.31. The van der Waals surface area contributed by atoms with Crippen molar-refractivity contribution in [3.63, 3.8) is 0 Å². The summed E-state index contributed by atoms with van der Waals surface area (Å²) < 4.78 is 15.4. The molecule has 0 unspecified atom stereocenters. The van der Waals surface area contributed by atoms with E-state index in [4.69, 9.17) is 0 Å². The van der Waals surface area contributed by atoms with Gasteiger partial charge in [0.05, 0.1) is 11.3 Å². The van der Waals surface area contributed by atoms with Crippen LogP contribution >= 0.6 is 23.1 Å². The molecule has 0 aliphatic heterocycles. The molecular formula is C17H17FN6O2S2. The molecule has 0 fully saturated rings. The summed E-state index contributed by atoms with van der Waals surface area (Å²) in [4.78, 5) is 27.9. The topological polar surface area (TPSA) is 102 Å². The molecule has 0 spiro atoms. The van der Waals surface area contributed by atoms with Crippen molar-refractivity contribution in [3.8, 4) is 0 Å². The Kier molecular flexibility index (Phi) is 6.71. The van der Waals surface area contributed by atoms with E-state index >= 15 is 0 Å². The van der Waals surface area contributed by atoms with Crippen LogP contribution in [0.25, 0.3) is 0 Å². The number of anilines is 1. The van der Waals surface area contributed by atoms with Crippen LogP contribution in [-0.2, 0) is 18.3 Å². The van der Waals surface area contributed by atoms with E-state index in [1.807, 2.05) is 0 Å². The Morgan fingerprint density at radius 2 is 2.11 bits per heavy atom. The van der Waals surface area contributed by atoms with Gasteiger partial charge in [-0.05, 0) is 12.1 Å². The first-order valence-corrected chi connectivity index (χ1v) is 10.1. The molecule has 8 nitrogen and oxygen atoms in total. The zero-order chi connectivity index (χ0) is 19.9. The highest BCUT2D eigenvalue weighted by atomic mass is 32.2. The Morgan fingerprint density at radius 1 is 1.29 bits per heavy atom. The number of rotatable bonds is 8. The van der Waals surface area contributed by atoms with Crippen LogP contribution in [0.4, 0.5) is 9.52 Å². The third-order valence-electron chi connectivity index (χ3n) is 3.69. The van der Waals surface area contributed by atoms with Gasteiger partial charge in [-0.1, -0.05) is 23.9 Å². The van der Waals surface area contributed by atoms with Crippen LogP contribution in [0.1, 0.15) is 16.2 Å². The molecule has 2 aromatic heterocycles. The molecule has 0 atom stereocenters. The van der Waals surface area contributed by atoms with Crippen molar-refractivity contribution in [1.82, 2.24) is 25.1 Å². The SMILES string of the molecule is Cn1c(CCNC(=O)c2ccccc2F)nnc1SCC(=O)Nc1nccs1. The van der Waals surface area contributed by atoms with E-state index in [0.717, 1.165) is 0 Å². The zero-order valence-electron chi connectivity index (χ0n) is 14.9. The van der Waals surface area contributed by atoms with Crippen molar-refractivity contribution in [3.05, 3.63) is 53.0 Å². The van der Waals surface area contributed by atoms with Crippen LogP contribution in [0, 0.1) is 5.82 Å². The van der Waals surface area contributed by atoms with Crippen molar-refractivity contribution in [2.75, 3.05) is 17.6 Å². The Hall–Kier alpha value is -2.79. The fourth-order valence-corrected chi connectivity index (χ4v) is 3.56. The summed E-state index contributed by atoms with van der Waals surface area (Å²) in [7, 11) is 1.79. The molecule has 0 radical (unpaired) electrons. The van der Waals surface area contributed by atoms with E-state index in [9.17, 15) is 14.0 Å². The lowest BCUT2D eigenvalue weighted by atomic mass is 10.2. The molecule has 3 rings (SSSR count). The zero-order valence-corrected chi connectivity index (χ0v) is 16.5. The summed E-state index contributed by atoms with van der Waals surface area (Å²) in [6.07, 6.45) is 2.04. The van der Waals surface area contributed by atoms with Gasteiger partial charge in [-0.2, -0.15) is 0 Å². The predicted molar refractivity (Wildman–Crippen MR) is 105 cm³/mol. The molecule has 146 valence electrons. The fourth-order valence-electron chi connectivity index (χ4n) is 2.29. The molecule has 0 saturated carbocycles. The number of benzene rings is 1. The van der Waals surface area contributed by atoms with Gasteiger partial charge in [0.25, 0.3) is 5.91 Å². The summed E-state index contributed by atoms with van der Waals surface area (Å²) in [6.45, 7) is 0.286. The summed E-state index contributed by atoms with van der Waals surface area (Å²) in [5, 5.41) is 16.4. The van der Waals surface area contributed by atoms with Crippen molar-refractivity contribution in [2.24, 2.45) is 7.05 Å². The van der Waals surface area contributed by atoms with Crippen LogP contribution in [-0.4, -0.2) is 43.9 Å². The maximum Gasteiger partial charge on any atom is 0.254 e. The first-order chi connectivity index (χ1) is 13.5. The van der Waals surface area contributed by atoms with Gasteiger partial charge in [-0.25, -0.2) is 9.37 Å². The standard InChI is InChI=1S/C17H17FN6O2S2/c1-24-13(6-7-19-15(26)11-4-2-3-5-12(11)18)22-23-17(24)28-10-14(25)21-16-20-8-9-27-16/h2-5,8-9H,6-7,10H2,1H3,(H,19,26)(H,20,21,25). The van der Waals surface area contributed by atoms with Crippen molar-refractivity contribution in [2.45, 2.75) is 11.6 Å². The van der Waals surface area contributed by atoms with E-state index in [1.165, 1.54) is 41.3 Å². The van der Waals surface area contributed by atoms with Gasteiger partial charge in [0.2, 0.25) is 5.91 Å². The molecule has 0 saturated heterocycles. The van der Waals surface area contributed by atoms with E-state index in [2.05, 4.69) is 25.8 Å². The van der Waals surface area contributed by atoms with E-state index in [1.54, 1.807) is 29.3 Å². The van der Waals surface area contributed by atoms with Crippen molar-refractivity contribution >= 4 is 40.0 Å². The molecule has 2 N–H and O–H groups in total. The lowest BCUT2D eigenvalue weighted by molar-refractivity contribution is -0.113. The molecule has 3 aromatic rings. The first kappa shape index (κ1) is 20.0. The molecule has 0 aliphatic carbocycles. The number of hydrogen-bond acceptors (Lipinski definition) is 7. The Bertz CT molecular complexity index is 960. The van der Waals surface area contributed by atoms with E-state index in [0.29, 0.717) is 22.5 Å².